The Morgan fingerprint density at radius 3 is 2.54 bits per heavy atom. The Morgan fingerprint density at radius 1 is 1.14 bits per heavy atom. The van der Waals surface area contributed by atoms with E-state index in [1.807, 2.05) is 17.0 Å². The zero-order chi connectivity index (χ0) is 20.1. The molecule has 1 saturated heterocycles. The topological polar surface area (TPSA) is 41.6 Å². The fourth-order valence-corrected chi connectivity index (χ4v) is 3.57. The Kier molecular flexibility index (Phi) is 6.24. The number of nitrogens with zero attached hydrogens (tertiary/aromatic N) is 1. The highest BCUT2D eigenvalue weighted by atomic mass is 19.4. The zero-order valence-electron chi connectivity index (χ0n) is 15.6. The first-order chi connectivity index (χ1) is 13.4. The highest BCUT2D eigenvalue weighted by molar-refractivity contribution is 5.93. The second-order valence-electron chi connectivity index (χ2n) is 6.85. The number of alkyl halides is 3. The van der Waals surface area contributed by atoms with Crippen molar-refractivity contribution in [3.63, 3.8) is 0 Å². The van der Waals surface area contributed by atoms with Crippen molar-refractivity contribution in [1.82, 2.24) is 4.90 Å². The summed E-state index contributed by atoms with van der Waals surface area (Å²) >= 11 is 0. The SMILES string of the molecule is COc1ccccc1NC(=O)CN1CCCCC1c1ccc(C(F)(F)F)cc1. The first kappa shape index (κ1) is 20.2. The number of nitrogens with one attached hydrogen (secondary N) is 1. The molecular weight excluding hydrogens is 369 g/mol. The maximum absolute atomic E-state index is 12.8. The first-order valence-electron chi connectivity index (χ1n) is 9.22. The number of anilines is 1. The minimum absolute atomic E-state index is 0.0700. The highest BCUT2D eigenvalue weighted by Gasteiger charge is 2.31. The lowest BCUT2D eigenvalue weighted by Gasteiger charge is -2.35. The number of ether oxygens (including phenoxy) is 1. The fourth-order valence-electron chi connectivity index (χ4n) is 3.57. The number of amides is 1. The van der Waals surface area contributed by atoms with Crippen molar-refractivity contribution in [3.8, 4) is 5.75 Å². The van der Waals surface area contributed by atoms with E-state index >= 15 is 0 Å². The summed E-state index contributed by atoms with van der Waals surface area (Å²) in [5.74, 6) is 0.400. The van der Waals surface area contributed by atoms with Crippen LogP contribution < -0.4 is 10.1 Å². The van der Waals surface area contributed by atoms with Crippen LogP contribution in [0.15, 0.2) is 48.5 Å². The van der Waals surface area contributed by atoms with Crippen molar-refractivity contribution in [1.29, 1.82) is 0 Å². The third-order valence-electron chi connectivity index (χ3n) is 4.96. The van der Waals surface area contributed by atoms with Crippen LogP contribution in [0.3, 0.4) is 0 Å². The van der Waals surface area contributed by atoms with E-state index in [4.69, 9.17) is 4.74 Å². The van der Waals surface area contributed by atoms with Gasteiger partial charge in [0.15, 0.2) is 0 Å². The number of carbonyl (C=O) groups is 1. The molecule has 1 amide bonds. The van der Waals surface area contributed by atoms with Gasteiger partial charge in [-0.1, -0.05) is 30.7 Å². The van der Waals surface area contributed by atoms with Gasteiger partial charge in [-0.3, -0.25) is 9.69 Å². The van der Waals surface area contributed by atoms with E-state index in [2.05, 4.69) is 5.32 Å². The zero-order valence-corrected chi connectivity index (χ0v) is 15.6. The largest absolute Gasteiger partial charge is 0.495 e. The van der Waals surface area contributed by atoms with Crippen molar-refractivity contribution in [3.05, 3.63) is 59.7 Å². The van der Waals surface area contributed by atoms with Crippen LogP contribution in [0.25, 0.3) is 0 Å². The van der Waals surface area contributed by atoms with Gasteiger partial charge in [0.2, 0.25) is 5.91 Å². The molecule has 28 heavy (non-hydrogen) atoms. The summed E-state index contributed by atoms with van der Waals surface area (Å²) in [6.07, 6.45) is -1.60. The van der Waals surface area contributed by atoms with Crippen LogP contribution in [0, 0.1) is 0 Å². The number of hydrogen-bond acceptors (Lipinski definition) is 3. The third-order valence-corrected chi connectivity index (χ3v) is 4.96. The Hall–Kier alpha value is -2.54. The van der Waals surface area contributed by atoms with Crippen LogP contribution in [0.4, 0.5) is 18.9 Å². The van der Waals surface area contributed by atoms with Gasteiger partial charge in [0.05, 0.1) is 24.9 Å². The number of para-hydroxylation sites is 2. The van der Waals surface area contributed by atoms with Crippen molar-refractivity contribution in [2.45, 2.75) is 31.5 Å². The van der Waals surface area contributed by atoms with E-state index in [9.17, 15) is 18.0 Å². The minimum Gasteiger partial charge on any atom is -0.495 e. The maximum Gasteiger partial charge on any atom is 0.416 e. The number of likely N-dealkylation sites (tertiary alicyclic amines) is 1. The molecule has 1 atom stereocenters. The molecule has 1 aliphatic rings. The van der Waals surface area contributed by atoms with Crippen LogP contribution in [-0.4, -0.2) is 31.0 Å². The average Bonchev–Trinajstić information content (AvgIpc) is 2.68. The number of hydrogen-bond donors (Lipinski definition) is 1. The standard InChI is InChI=1S/C21H23F3N2O2/c1-28-19-8-3-2-6-17(19)25-20(27)14-26-13-5-4-7-18(26)15-9-11-16(12-10-15)21(22,23)24/h2-3,6,8-12,18H,4-5,7,13-14H2,1H3,(H,25,27). The van der Waals surface area contributed by atoms with E-state index in [0.717, 1.165) is 43.5 Å². The fraction of sp³-hybridized carbons (Fsp3) is 0.381. The van der Waals surface area contributed by atoms with Crippen molar-refractivity contribution in [2.75, 3.05) is 25.5 Å². The molecule has 7 heteroatoms. The van der Waals surface area contributed by atoms with Gasteiger partial charge < -0.3 is 10.1 Å². The van der Waals surface area contributed by atoms with E-state index in [0.29, 0.717) is 11.4 Å². The van der Waals surface area contributed by atoms with Gasteiger partial charge in [-0.2, -0.15) is 13.2 Å². The molecular formula is C21H23F3N2O2. The lowest BCUT2D eigenvalue weighted by Crippen LogP contribution is -2.39. The minimum atomic E-state index is -4.35. The molecule has 0 spiro atoms. The Labute approximate surface area is 162 Å². The van der Waals surface area contributed by atoms with Gasteiger partial charge in [-0.25, -0.2) is 0 Å². The van der Waals surface area contributed by atoms with Gasteiger partial charge in [0.25, 0.3) is 0 Å². The molecule has 4 nitrogen and oxygen atoms in total. The molecule has 150 valence electrons. The lowest BCUT2D eigenvalue weighted by molar-refractivity contribution is -0.137. The summed E-state index contributed by atoms with van der Waals surface area (Å²) in [6.45, 7) is 0.898. The molecule has 0 radical (unpaired) electrons. The summed E-state index contributed by atoms with van der Waals surface area (Å²) < 4.78 is 43.7. The molecule has 0 aromatic heterocycles. The second kappa shape index (κ2) is 8.65. The molecule has 0 aliphatic carbocycles. The van der Waals surface area contributed by atoms with Gasteiger partial charge in [-0.05, 0) is 49.2 Å². The summed E-state index contributed by atoms with van der Waals surface area (Å²) in [5.41, 5.74) is 0.739. The van der Waals surface area contributed by atoms with Crippen LogP contribution >= 0.6 is 0 Å². The van der Waals surface area contributed by atoms with Crippen LogP contribution in [0.1, 0.15) is 36.4 Å². The molecule has 1 unspecified atom stereocenters. The average molecular weight is 392 g/mol. The van der Waals surface area contributed by atoms with Gasteiger partial charge in [-0.15, -0.1) is 0 Å². The highest BCUT2D eigenvalue weighted by Crippen LogP contribution is 2.34. The maximum atomic E-state index is 12.8. The van der Waals surface area contributed by atoms with Crippen LogP contribution in [0.2, 0.25) is 0 Å². The summed E-state index contributed by atoms with van der Waals surface area (Å²) in [6, 6.07) is 12.3. The summed E-state index contributed by atoms with van der Waals surface area (Å²) in [4.78, 5) is 14.6. The molecule has 3 rings (SSSR count). The molecule has 1 fully saturated rings. The van der Waals surface area contributed by atoms with Crippen molar-refractivity contribution < 1.29 is 22.7 Å². The van der Waals surface area contributed by atoms with E-state index in [1.165, 1.54) is 19.2 Å². The molecule has 1 aliphatic heterocycles. The lowest BCUT2D eigenvalue weighted by atomic mass is 9.94. The van der Waals surface area contributed by atoms with Crippen LogP contribution in [-0.2, 0) is 11.0 Å². The summed E-state index contributed by atoms with van der Waals surface area (Å²) in [7, 11) is 1.54. The smallest absolute Gasteiger partial charge is 0.416 e. The predicted molar refractivity (Wildman–Crippen MR) is 101 cm³/mol. The summed E-state index contributed by atoms with van der Waals surface area (Å²) in [5, 5.41) is 2.86. The quantitative estimate of drug-likeness (QED) is 0.789. The number of benzene rings is 2. The normalized spacial score (nSPS) is 17.9. The first-order valence-corrected chi connectivity index (χ1v) is 9.22. The number of methoxy groups -OCH3 is 1. The Bertz CT molecular complexity index is 806. The molecule has 1 N–H and O–H groups in total. The van der Waals surface area contributed by atoms with Crippen LogP contribution in [0.5, 0.6) is 5.75 Å². The van der Waals surface area contributed by atoms with Gasteiger partial charge >= 0.3 is 6.18 Å². The molecule has 2 aromatic carbocycles. The Balaban J connectivity index is 1.70. The molecule has 0 bridgehead atoms. The number of carbonyl (C=O) groups excluding carboxylic acids is 1. The van der Waals surface area contributed by atoms with E-state index in [1.54, 1.807) is 12.1 Å². The van der Waals surface area contributed by atoms with E-state index in [-0.39, 0.29) is 18.5 Å². The molecule has 0 saturated carbocycles. The van der Waals surface area contributed by atoms with Gasteiger partial charge in [0, 0.05) is 6.04 Å². The predicted octanol–water partition coefficient (Wildman–Crippen LogP) is 4.88. The molecule has 1 heterocycles. The van der Waals surface area contributed by atoms with E-state index < -0.39 is 11.7 Å². The third kappa shape index (κ3) is 4.84. The molecule has 2 aromatic rings. The number of halogens is 3. The monoisotopic (exact) mass is 392 g/mol. The van der Waals surface area contributed by atoms with Crippen molar-refractivity contribution in [2.24, 2.45) is 0 Å². The Morgan fingerprint density at radius 2 is 1.86 bits per heavy atom. The van der Waals surface area contributed by atoms with Crippen molar-refractivity contribution >= 4 is 11.6 Å². The van der Waals surface area contributed by atoms with Gasteiger partial charge in [0.1, 0.15) is 5.75 Å². The second-order valence-corrected chi connectivity index (χ2v) is 6.85. The number of piperidine rings is 1. The number of rotatable bonds is 5.